The predicted molar refractivity (Wildman–Crippen MR) is 265 cm³/mol. The van der Waals surface area contributed by atoms with E-state index in [9.17, 15) is 0 Å². The molecule has 0 saturated carbocycles. The summed E-state index contributed by atoms with van der Waals surface area (Å²) in [6.07, 6.45) is 18.8. The molecule has 351 valence electrons. The molecule has 66 heavy (non-hydrogen) atoms. The smallest absolute Gasteiger partial charge is 1.00 e. The Morgan fingerprint density at radius 3 is 1.32 bits per heavy atom. The SMILES string of the molecule is CC(C)C1=C[C+]=CC(C(C)C)=C1n1cc[n+](-c2c(C(C)C)cccc2C(C)C)c1.CC(C)c1cccc(C(C)C)c1N1C=CN(c2c(C(C)C)cccc2C(C)C)[CH-]1.O=CO[O-].[Cl][Cu+].[H-].[K+].[K+]. The molecule has 0 radical (unpaired) electrons. The van der Waals surface area contributed by atoms with Crippen LogP contribution in [0.15, 0.2) is 109 Å². The summed E-state index contributed by atoms with van der Waals surface area (Å²) in [4.78, 5) is 15.9. The first-order valence-electron chi connectivity index (χ1n) is 22.8. The van der Waals surface area contributed by atoms with E-state index in [2.05, 4.69) is 270 Å². The molecule has 6 rings (SSSR count). The fraction of sp³-hybridized carbons (Fsp3) is 0.436. The van der Waals surface area contributed by atoms with Gasteiger partial charge >= 0.3 is 128 Å². The molecule has 1 aliphatic heterocycles. The van der Waals surface area contributed by atoms with E-state index in [0.29, 0.717) is 47.3 Å². The monoisotopic (exact) mass is 1020 g/mol. The van der Waals surface area contributed by atoms with Gasteiger partial charge in [0.1, 0.15) is 41.4 Å². The molecule has 0 amide bonds. The van der Waals surface area contributed by atoms with Crippen LogP contribution in [-0.4, -0.2) is 11.0 Å². The summed E-state index contributed by atoms with van der Waals surface area (Å²) >= 11 is 3.66. The molecule has 4 aromatic rings. The minimum Gasteiger partial charge on any atom is -1.00 e. The third-order valence-electron chi connectivity index (χ3n) is 11.6. The van der Waals surface area contributed by atoms with E-state index < -0.39 is 0 Å². The normalized spacial score (nSPS) is 13.1. The second-order valence-corrected chi connectivity index (χ2v) is 19.0. The topological polar surface area (TPSA) is 64.7 Å². The van der Waals surface area contributed by atoms with E-state index in [4.69, 9.17) is 10.1 Å². The van der Waals surface area contributed by atoms with Crippen molar-refractivity contribution in [1.82, 2.24) is 4.57 Å². The molecule has 0 saturated heterocycles. The second-order valence-electron chi connectivity index (χ2n) is 19.0. The van der Waals surface area contributed by atoms with Crippen LogP contribution < -0.4 is 122 Å². The van der Waals surface area contributed by atoms with Crippen molar-refractivity contribution in [3.05, 3.63) is 155 Å². The van der Waals surface area contributed by atoms with Crippen LogP contribution in [0.1, 0.15) is 181 Å². The molecule has 0 spiro atoms. The maximum atomic E-state index is 8.64. The molecule has 0 bridgehead atoms. The summed E-state index contributed by atoms with van der Waals surface area (Å²) < 4.78 is 4.62. The predicted octanol–water partition coefficient (Wildman–Crippen LogP) is 8.17. The number of carbonyl (C=O) groups excluding carboxylic acids is 1. The third-order valence-corrected chi connectivity index (χ3v) is 11.6. The fourth-order valence-electron chi connectivity index (χ4n) is 8.37. The van der Waals surface area contributed by atoms with Crippen LogP contribution in [0, 0.1) is 24.6 Å². The number of aromatic nitrogens is 2. The molecule has 0 fully saturated rings. The van der Waals surface area contributed by atoms with Crippen molar-refractivity contribution in [1.29, 1.82) is 0 Å². The molecule has 2 aliphatic rings. The number of carbonyl (C=O) groups is 1. The minimum atomic E-state index is -0.181. The molecular formula is C55H75ClCuK2N4O3+2. The fourth-order valence-corrected chi connectivity index (χ4v) is 8.37. The second kappa shape index (κ2) is 30.6. The van der Waals surface area contributed by atoms with Gasteiger partial charge in [0.05, 0.1) is 0 Å². The number of imidazole rings is 1. The molecular weight excluding hydrogens is 942 g/mol. The Kier molecular flexibility index (Phi) is 29.1. The first-order chi connectivity index (χ1) is 30.4. The van der Waals surface area contributed by atoms with Gasteiger partial charge in [-0.1, -0.05) is 138 Å². The van der Waals surface area contributed by atoms with Crippen molar-refractivity contribution in [2.75, 3.05) is 9.80 Å². The summed E-state index contributed by atoms with van der Waals surface area (Å²) in [7, 11) is 4.20. The molecule has 1 aliphatic carbocycles. The van der Waals surface area contributed by atoms with Crippen molar-refractivity contribution in [3.8, 4) is 5.69 Å². The van der Waals surface area contributed by atoms with Crippen molar-refractivity contribution in [3.63, 3.8) is 0 Å². The zero-order chi connectivity index (χ0) is 48.0. The largest absolute Gasteiger partial charge is 1.00 e. The molecule has 0 atom stereocenters. The van der Waals surface area contributed by atoms with E-state index in [-0.39, 0.29) is 111 Å². The molecule has 3 aromatic carbocycles. The minimum absolute atomic E-state index is 0. The van der Waals surface area contributed by atoms with Crippen molar-refractivity contribution < 1.29 is 139 Å². The van der Waals surface area contributed by atoms with Gasteiger partial charge in [0.15, 0.2) is 0 Å². The number of rotatable bonds is 13. The quantitative estimate of drug-likeness (QED) is 0.0338. The Bertz CT molecular complexity index is 2110. The van der Waals surface area contributed by atoms with E-state index in [0.717, 1.165) is 0 Å². The Hall–Kier alpha value is -1.15. The van der Waals surface area contributed by atoms with Crippen molar-refractivity contribution >= 4 is 33.6 Å². The van der Waals surface area contributed by atoms with Gasteiger partial charge in [-0.05, 0) is 97.9 Å². The third kappa shape index (κ3) is 16.2. The maximum Gasteiger partial charge on any atom is 1.00 e. The van der Waals surface area contributed by atoms with E-state index >= 15 is 0 Å². The van der Waals surface area contributed by atoms with Crippen LogP contribution in [0.4, 0.5) is 11.4 Å². The van der Waals surface area contributed by atoms with Crippen LogP contribution in [0.5, 0.6) is 0 Å². The van der Waals surface area contributed by atoms with Gasteiger partial charge in [-0.2, -0.15) is 4.57 Å². The standard InChI is InChI=1S/C27H37N2.C27H36N2.CH2O3.ClH.Cu.2K.H/c2*1-18(2)22-11-9-12-23(19(3)4)26(22)28-15-16-29(17-28)27-24(20(5)6)13-10-14-25(27)21(7)8;2-1-4-3;;;;;/h9-21H,1-8H3;9,11-21H,1-8H3;1,3H;1H;;;;/q-1;+2;;;+2;2*+1;-1/p-2. The number of hydrogen-bond donors (Lipinski definition) is 0. The average molecular weight is 1020 g/mol. The van der Waals surface area contributed by atoms with Gasteiger partial charge < -0.3 is 21.4 Å². The number of anilines is 2. The molecule has 11 heteroatoms. The summed E-state index contributed by atoms with van der Waals surface area (Å²) in [6.45, 7) is 38.5. The number of hydrogen-bond acceptors (Lipinski definition) is 5. The van der Waals surface area contributed by atoms with E-state index in [1.165, 1.54) is 67.3 Å². The molecule has 0 unspecified atom stereocenters. The molecule has 1 aromatic heterocycles. The van der Waals surface area contributed by atoms with Crippen LogP contribution in [0.2, 0.25) is 0 Å². The Balaban J connectivity index is 0.00000112. The Morgan fingerprint density at radius 2 is 1.00 bits per heavy atom. The van der Waals surface area contributed by atoms with Gasteiger partial charge in [-0.3, -0.25) is 4.79 Å². The first-order valence-corrected chi connectivity index (χ1v) is 24.1. The van der Waals surface area contributed by atoms with Crippen molar-refractivity contribution in [2.24, 2.45) is 11.8 Å². The van der Waals surface area contributed by atoms with Gasteiger partial charge in [-0.25, -0.2) is 4.57 Å². The average Bonchev–Trinajstić information content (AvgIpc) is 3.97. The molecule has 2 heterocycles. The van der Waals surface area contributed by atoms with Gasteiger partial charge in [-0.15, -0.1) is 6.67 Å². The van der Waals surface area contributed by atoms with E-state index in [1.807, 2.05) is 0 Å². The number of para-hydroxylation sites is 3. The van der Waals surface area contributed by atoms with Crippen molar-refractivity contribution in [2.45, 2.75) is 146 Å². The van der Waals surface area contributed by atoms with Crippen LogP contribution in [0.3, 0.4) is 0 Å². The summed E-state index contributed by atoms with van der Waals surface area (Å²) in [6, 6.07) is 20.3. The zero-order valence-electron chi connectivity index (χ0n) is 44.2. The van der Waals surface area contributed by atoms with Gasteiger partial charge in [0.2, 0.25) is 5.70 Å². The summed E-state index contributed by atoms with van der Waals surface area (Å²) in [5.41, 5.74) is 16.4. The number of benzene rings is 3. The maximum absolute atomic E-state index is 8.64. The number of halogens is 1. The van der Waals surface area contributed by atoms with Crippen LogP contribution in [-0.2, 0) is 24.8 Å². The first kappa shape index (κ1) is 62.9. The zero-order valence-corrected chi connectivity index (χ0v) is 51.1. The summed E-state index contributed by atoms with van der Waals surface area (Å²) in [5.74, 6) is 3.77. The Morgan fingerprint density at radius 1 is 0.636 bits per heavy atom. The molecule has 7 nitrogen and oxygen atoms in total. The van der Waals surface area contributed by atoms with Crippen LogP contribution in [0.25, 0.3) is 11.4 Å². The number of allylic oxidation sites excluding steroid dienone is 6. The Labute approximate surface area is 498 Å². The number of nitrogens with zero attached hydrogens (tertiary/aromatic N) is 4. The summed E-state index contributed by atoms with van der Waals surface area (Å²) in [5, 5.41) is 8.43. The van der Waals surface area contributed by atoms with Gasteiger partial charge in [0, 0.05) is 40.4 Å². The van der Waals surface area contributed by atoms with E-state index in [1.54, 1.807) is 0 Å². The van der Waals surface area contributed by atoms with Crippen LogP contribution >= 0.6 is 10.1 Å². The molecule has 0 N–H and O–H groups in total. The van der Waals surface area contributed by atoms with Gasteiger partial charge in [0.25, 0.3) is 12.8 Å².